The van der Waals surface area contributed by atoms with Crippen LogP contribution in [0, 0.1) is 17.0 Å². The number of nitrogens with zero attached hydrogens (tertiary/aromatic N) is 2. The number of rotatable bonds is 5. The Morgan fingerprint density at radius 1 is 1.04 bits per heavy atom. The molecule has 0 radical (unpaired) electrons. The van der Waals surface area contributed by atoms with Crippen LogP contribution in [0.1, 0.15) is 27.0 Å². The van der Waals surface area contributed by atoms with Gasteiger partial charge in [-0.1, -0.05) is 54.1 Å². The third kappa shape index (κ3) is 3.06. The smallest absolute Gasteiger partial charge is 0.312 e. The third-order valence-electron chi connectivity index (χ3n) is 4.70. The molecule has 6 heteroatoms. The summed E-state index contributed by atoms with van der Waals surface area (Å²) in [6.07, 6.45) is 0.714. The molecule has 4 rings (SSSR count). The monoisotopic (exact) mass is 359 g/mol. The molecule has 1 aliphatic rings. The maximum Gasteiger partial charge on any atom is 0.312 e. The van der Waals surface area contributed by atoms with E-state index in [-0.39, 0.29) is 22.9 Å². The number of hydrogen-bond donors (Lipinski definition) is 1. The van der Waals surface area contributed by atoms with Crippen LogP contribution in [0.2, 0.25) is 0 Å². The average Bonchev–Trinajstić information content (AvgIpc) is 2.95. The molecular formula is C21H17N3O3. The van der Waals surface area contributed by atoms with Crippen molar-refractivity contribution < 1.29 is 9.72 Å². The fourth-order valence-electron chi connectivity index (χ4n) is 3.26. The van der Waals surface area contributed by atoms with Gasteiger partial charge in [-0.3, -0.25) is 14.9 Å². The Hall–Kier alpha value is -3.54. The summed E-state index contributed by atoms with van der Waals surface area (Å²) in [7, 11) is 0. The molecule has 0 fully saturated rings. The first-order valence-corrected chi connectivity index (χ1v) is 8.67. The van der Waals surface area contributed by atoms with E-state index >= 15 is 0 Å². The van der Waals surface area contributed by atoms with Crippen molar-refractivity contribution in [3.63, 3.8) is 0 Å². The van der Waals surface area contributed by atoms with Gasteiger partial charge in [0.25, 0.3) is 0 Å². The van der Waals surface area contributed by atoms with Gasteiger partial charge in [0.15, 0.2) is 5.78 Å². The number of ketones is 1. The van der Waals surface area contributed by atoms with E-state index in [0.29, 0.717) is 29.8 Å². The molecule has 1 heterocycles. The number of carbonyl (C=O) groups is 1. The molecule has 6 nitrogen and oxygen atoms in total. The molecular weight excluding hydrogens is 342 g/mol. The lowest BCUT2D eigenvalue weighted by molar-refractivity contribution is -0.384. The van der Waals surface area contributed by atoms with Crippen LogP contribution < -0.4 is 5.32 Å². The summed E-state index contributed by atoms with van der Waals surface area (Å²) in [6, 6.07) is 16.6. The van der Waals surface area contributed by atoms with Crippen molar-refractivity contribution in [3.05, 3.63) is 87.0 Å². The van der Waals surface area contributed by atoms with E-state index in [1.54, 1.807) is 12.1 Å². The summed E-state index contributed by atoms with van der Waals surface area (Å²) in [5.41, 5.74) is 4.17. The molecule has 0 saturated heterocycles. The van der Waals surface area contributed by atoms with Gasteiger partial charge in [-0.15, -0.1) is 0 Å². The zero-order chi connectivity index (χ0) is 19.0. The number of fused-ring (bicyclic) bond motifs is 3. The fourth-order valence-corrected chi connectivity index (χ4v) is 3.26. The Kier molecular flexibility index (Phi) is 4.16. The first-order chi connectivity index (χ1) is 13.0. The van der Waals surface area contributed by atoms with E-state index in [9.17, 15) is 14.9 Å². The molecule has 1 aromatic heterocycles. The largest absolute Gasteiger partial charge is 0.364 e. The van der Waals surface area contributed by atoms with Gasteiger partial charge < -0.3 is 5.32 Å². The van der Waals surface area contributed by atoms with E-state index in [2.05, 4.69) is 10.3 Å². The predicted octanol–water partition coefficient (Wildman–Crippen LogP) is 4.16. The second-order valence-corrected chi connectivity index (χ2v) is 6.55. The molecule has 0 amide bonds. The first kappa shape index (κ1) is 16.9. The number of hydrogen-bond acceptors (Lipinski definition) is 5. The number of benzene rings is 2. The number of nitrogens with one attached hydrogen (secondary N) is 1. The lowest BCUT2D eigenvalue weighted by Gasteiger charge is -2.09. The molecule has 3 aromatic rings. The highest BCUT2D eigenvalue weighted by Gasteiger charge is 2.31. The molecule has 0 atom stereocenters. The van der Waals surface area contributed by atoms with Crippen LogP contribution >= 0.6 is 0 Å². The van der Waals surface area contributed by atoms with Crippen molar-refractivity contribution in [3.8, 4) is 11.3 Å². The van der Waals surface area contributed by atoms with Crippen LogP contribution in [-0.2, 0) is 6.42 Å². The van der Waals surface area contributed by atoms with E-state index in [4.69, 9.17) is 0 Å². The molecule has 1 N–H and O–H groups in total. The first-order valence-electron chi connectivity index (χ1n) is 8.67. The second kappa shape index (κ2) is 6.64. The van der Waals surface area contributed by atoms with Crippen LogP contribution in [0.4, 0.5) is 11.5 Å². The molecule has 27 heavy (non-hydrogen) atoms. The van der Waals surface area contributed by atoms with Gasteiger partial charge in [0.05, 0.1) is 16.2 Å². The number of aromatic nitrogens is 1. The van der Waals surface area contributed by atoms with Crippen LogP contribution in [0.25, 0.3) is 11.3 Å². The number of aryl methyl sites for hydroxylation is 1. The topological polar surface area (TPSA) is 85.1 Å². The minimum absolute atomic E-state index is 0.182. The molecule has 0 spiro atoms. The maximum atomic E-state index is 12.5. The highest BCUT2D eigenvalue weighted by Crippen LogP contribution is 2.39. The predicted molar refractivity (Wildman–Crippen MR) is 103 cm³/mol. The Balaban J connectivity index is 1.64. The molecule has 2 aromatic carbocycles. The van der Waals surface area contributed by atoms with Gasteiger partial charge >= 0.3 is 5.69 Å². The number of nitro groups is 1. The molecule has 0 bridgehead atoms. The van der Waals surface area contributed by atoms with Crippen molar-refractivity contribution in [2.75, 3.05) is 11.9 Å². The van der Waals surface area contributed by atoms with Gasteiger partial charge in [0.1, 0.15) is 0 Å². The highest BCUT2D eigenvalue weighted by atomic mass is 16.6. The van der Waals surface area contributed by atoms with Gasteiger partial charge in [-0.05, 0) is 18.9 Å². The van der Waals surface area contributed by atoms with E-state index in [1.807, 2.05) is 43.3 Å². The molecule has 1 aliphatic carbocycles. The Bertz CT molecular complexity index is 1060. The standard InChI is InChI=1S/C21H17N3O3/c1-13-6-8-14(9-7-13)10-11-22-21-18(24(26)27)12-17-19(23-21)15-4-2-3-5-16(15)20(17)25/h2-9,12H,10-11H2,1H3,(H,22,23). The maximum absolute atomic E-state index is 12.5. The molecule has 0 unspecified atom stereocenters. The van der Waals surface area contributed by atoms with Crippen LogP contribution in [0.15, 0.2) is 54.6 Å². The van der Waals surface area contributed by atoms with Gasteiger partial charge in [-0.2, -0.15) is 0 Å². The zero-order valence-electron chi connectivity index (χ0n) is 14.7. The third-order valence-corrected chi connectivity index (χ3v) is 4.70. The zero-order valence-corrected chi connectivity index (χ0v) is 14.7. The normalized spacial score (nSPS) is 11.8. The lowest BCUT2D eigenvalue weighted by Crippen LogP contribution is -2.10. The van der Waals surface area contributed by atoms with Crippen LogP contribution in [0.5, 0.6) is 0 Å². The van der Waals surface area contributed by atoms with Crippen LogP contribution in [0.3, 0.4) is 0 Å². The van der Waals surface area contributed by atoms with Crippen molar-refractivity contribution in [2.45, 2.75) is 13.3 Å². The van der Waals surface area contributed by atoms with E-state index < -0.39 is 4.92 Å². The highest BCUT2D eigenvalue weighted by molar-refractivity contribution is 6.21. The molecule has 134 valence electrons. The van der Waals surface area contributed by atoms with Gasteiger partial charge in [0.2, 0.25) is 5.82 Å². The number of anilines is 1. The quantitative estimate of drug-likeness (QED) is 0.427. The van der Waals surface area contributed by atoms with Crippen molar-refractivity contribution >= 4 is 17.3 Å². The summed E-state index contributed by atoms with van der Waals surface area (Å²) in [6.45, 7) is 2.53. The average molecular weight is 359 g/mol. The minimum Gasteiger partial charge on any atom is -0.364 e. The lowest BCUT2D eigenvalue weighted by atomic mass is 10.1. The second-order valence-electron chi connectivity index (χ2n) is 6.55. The summed E-state index contributed by atoms with van der Waals surface area (Å²) >= 11 is 0. The summed E-state index contributed by atoms with van der Waals surface area (Å²) in [4.78, 5) is 27.9. The SMILES string of the molecule is Cc1ccc(CCNc2nc3c(cc2[N+](=O)[O-])C(=O)c2ccccc2-3)cc1. The number of pyridine rings is 1. The van der Waals surface area contributed by atoms with Crippen molar-refractivity contribution in [1.82, 2.24) is 4.98 Å². The van der Waals surface area contributed by atoms with Crippen molar-refractivity contribution in [2.24, 2.45) is 0 Å². The summed E-state index contributed by atoms with van der Waals surface area (Å²) in [5, 5.41) is 14.6. The fraction of sp³-hybridized carbons (Fsp3) is 0.143. The van der Waals surface area contributed by atoms with E-state index in [0.717, 1.165) is 5.56 Å². The Labute approximate surface area is 156 Å². The summed E-state index contributed by atoms with van der Waals surface area (Å²) in [5.74, 6) is -0.0298. The van der Waals surface area contributed by atoms with Crippen molar-refractivity contribution in [1.29, 1.82) is 0 Å². The molecule has 0 saturated carbocycles. The minimum atomic E-state index is -0.502. The van der Waals surface area contributed by atoms with E-state index in [1.165, 1.54) is 11.6 Å². The Morgan fingerprint density at radius 2 is 1.74 bits per heavy atom. The van der Waals surface area contributed by atoms with Gasteiger partial charge in [-0.25, -0.2) is 4.98 Å². The Morgan fingerprint density at radius 3 is 2.44 bits per heavy atom. The summed E-state index contributed by atoms with van der Waals surface area (Å²) < 4.78 is 0. The number of carbonyl (C=O) groups excluding carboxylic acids is 1. The van der Waals surface area contributed by atoms with Gasteiger partial charge in [0, 0.05) is 23.7 Å². The van der Waals surface area contributed by atoms with Crippen LogP contribution in [-0.4, -0.2) is 22.2 Å². The molecule has 0 aliphatic heterocycles.